The second-order valence-electron chi connectivity index (χ2n) is 2.26. The molecule has 0 saturated carbocycles. The second-order valence-corrected chi connectivity index (χ2v) is 2.26. The van der Waals surface area contributed by atoms with Gasteiger partial charge in [0.05, 0.1) is 0 Å². The molecule has 0 aromatic rings. The number of allylic oxidation sites excluding steroid dienone is 2. The molecule has 0 aromatic heterocycles. The first kappa shape index (κ1) is 5.54. The second kappa shape index (κ2) is 2.12. The average molecular weight is 109 g/mol. The summed E-state index contributed by atoms with van der Waals surface area (Å²) in [7, 11) is 0. The van der Waals surface area contributed by atoms with Gasteiger partial charge in [-0.1, -0.05) is 6.08 Å². The highest BCUT2D eigenvalue weighted by atomic mass is 14.4. The van der Waals surface area contributed by atoms with Crippen molar-refractivity contribution in [1.82, 2.24) is 0 Å². The summed E-state index contributed by atoms with van der Waals surface area (Å²) in [6, 6.07) is 0. The highest BCUT2D eigenvalue weighted by molar-refractivity contribution is 5.97. The minimum atomic E-state index is 0.830. The van der Waals surface area contributed by atoms with E-state index < -0.39 is 0 Å². The van der Waals surface area contributed by atoms with Crippen LogP contribution in [0.3, 0.4) is 0 Å². The molecule has 0 amide bonds. The molecule has 1 rings (SSSR count). The van der Waals surface area contributed by atoms with Crippen LogP contribution in [0.1, 0.15) is 26.2 Å². The third-order valence-electron chi connectivity index (χ3n) is 1.56. The van der Waals surface area contributed by atoms with Crippen LogP contribution in [0, 0.1) is 5.41 Å². The van der Waals surface area contributed by atoms with E-state index in [1.165, 1.54) is 18.4 Å². The molecule has 1 heteroatoms. The average Bonchev–Trinajstić information content (AvgIpc) is 1.77. The third kappa shape index (κ3) is 0.971. The van der Waals surface area contributed by atoms with Gasteiger partial charge in [-0.2, -0.15) is 0 Å². The Morgan fingerprint density at radius 1 is 1.62 bits per heavy atom. The molecular formula is C7H11N. The lowest BCUT2D eigenvalue weighted by Gasteiger charge is -2.08. The zero-order valence-electron chi connectivity index (χ0n) is 5.20. The van der Waals surface area contributed by atoms with Crippen molar-refractivity contribution in [2.75, 3.05) is 0 Å². The smallest absolute Gasteiger partial charge is 0.0339 e. The van der Waals surface area contributed by atoms with Gasteiger partial charge < -0.3 is 5.41 Å². The highest BCUT2D eigenvalue weighted by Gasteiger charge is 2.02. The van der Waals surface area contributed by atoms with Crippen LogP contribution in [0.5, 0.6) is 0 Å². The fraction of sp³-hybridized carbons (Fsp3) is 0.571. The molecule has 1 aliphatic rings. The predicted octanol–water partition coefficient (Wildman–Crippen LogP) is 2.14. The molecule has 0 saturated heterocycles. The Morgan fingerprint density at radius 3 is 2.75 bits per heavy atom. The van der Waals surface area contributed by atoms with E-state index in [9.17, 15) is 0 Å². The van der Waals surface area contributed by atoms with E-state index in [-0.39, 0.29) is 0 Å². The van der Waals surface area contributed by atoms with Crippen molar-refractivity contribution in [1.29, 1.82) is 5.41 Å². The summed E-state index contributed by atoms with van der Waals surface area (Å²) in [5.41, 5.74) is 2.01. The Balaban J connectivity index is 2.67. The van der Waals surface area contributed by atoms with E-state index in [0.717, 1.165) is 12.1 Å². The lowest BCUT2D eigenvalue weighted by molar-refractivity contribution is 0.862. The molecule has 1 nitrogen and oxygen atoms in total. The molecule has 0 aliphatic heterocycles. The summed E-state index contributed by atoms with van der Waals surface area (Å²) in [5.74, 6) is 0. The maximum Gasteiger partial charge on any atom is 0.0339 e. The van der Waals surface area contributed by atoms with E-state index in [4.69, 9.17) is 5.41 Å². The van der Waals surface area contributed by atoms with Crippen molar-refractivity contribution >= 4 is 5.71 Å². The van der Waals surface area contributed by atoms with Gasteiger partial charge in [-0.15, -0.1) is 0 Å². The van der Waals surface area contributed by atoms with Crippen molar-refractivity contribution in [2.24, 2.45) is 0 Å². The molecule has 0 unspecified atom stereocenters. The van der Waals surface area contributed by atoms with Crippen molar-refractivity contribution < 1.29 is 0 Å². The molecule has 44 valence electrons. The molecule has 0 fully saturated rings. The monoisotopic (exact) mass is 109 g/mol. The van der Waals surface area contributed by atoms with E-state index in [0.29, 0.717) is 0 Å². The first-order chi connectivity index (χ1) is 3.80. The van der Waals surface area contributed by atoms with Crippen molar-refractivity contribution in [3.8, 4) is 0 Å². The first-order valence-electron chi connectivity index (χ1n) is 3.05. The van der Waals surface area contributed by atoms with Crippen molar-refractivity contribution in [3.63, 3.8) is 0 Å². The van der Waals surface area contributed by atoms with Crippen LogP contribution in [0.2, 0.25) is 0 Å². The summed E-state index contributed by atoms with van der Waals surface area (Å²) < 4.78 is 0. The summed E-state index contributed by atoms with van der Waals surface area (Å²) >= 11 is 0. The van der Waals surface area contributed by atoms with Crippen LogP contribution in [0.4, 0.5) is 0 Å². The maximum atomic E-state index is 7.33. The Labute approximate surface area is 49.9 Å². The third-order valence-corrected chi connectivity index (χ3v) is 1.56. The molecule has 0 aromatic carbocycles. The van der Waals surface area contributed by atoms with Gasteiger partial charge in [0, 0.05) is 5.71 Å². The van der Waals surface area contributed by atoms with Crippen molar-refractivity contribution in [2.45, 2.75) is 26.2 Å². The van der Waals surface area contributed by atoms with Gasteiger partial charge in [0.2, 0.25) is 0 Å². The molecule has 0 heterocycles. The number of hydrogen-bond donors (Lipinski definition) is 1. The summed E-state index contributed by atoms with van der Waals surface area (Å²) in [6.45, 7) is 2.02. The van der Waals surface area contributed by atoms with Crippen molar-refractivity contribution in [3.05, 3.63) is 11.6 Å². The molecule has 0 spiro atoms. The van der Waals surface area contributed by atoms with Gasteiger partial charge in [-0.25, -0.2) is 0 Å². The van der Waals surface area contributed by atoms with Crippen LogP contribution in [-0.4, -0.2) is 5.71 Å². The van der Waals surface area contributed by atoms with Crippen LogP contribution in [-0.2, 0) is 0 Å². The van der Waals surface area contributed by atoms with Gasteiger partial charge >= 0.3 is 0 Å². The number of rotatable bonds is 0. The lowest BCUT2D eigenvalue weighted by Crippen LogP contribution is -2.01. The van der Waals surface area contributed by atoms with E-state index in [1.807, 2.05) is 6.92 Å². The van der Waals surface area contributed by atoms with Gasteiger partial charge in [0.15, 0.2) is 0 Å². The molecule has 1 N–H and O–H groups in total. The summed E-state index contributed by atoms with van der Waals surface area (Å²) in [4.78, 5) is 0. The minimum Gasteiger partial charge on any atom is -0.305 e. The SMILES string of the molecule is CC1=CCCCC1=N. The zero-order valence-corrected chi connectivity index (χ0v) is 5.20. The standard InChI is InChI=1S/C7H11N/c1-6-4-2-3-5-7(6)8/h4,8H,2-3,5H2,1H3. The largest absolute Gasteiger partial charge is 0.305 e. The van der Waals surface area contributed by atoms with Crippen LogP contribution in [0.25, 0.3) is 0 Å². The zero-order chi connectivity index (χ0) is 5.98. The van der Waals surface area contributed by atoms with Crippen LogP contribution in [0.15, 0.2) is 11.6 Å². The highest BCUT2D eigenvalue weighted by Crippen LogP contribution is 2.12. The summed E-state index contributed by atoms with van der Waals surface area (Å²) in [5, 5.41) is 7.33. The summed E-state index contributed by atoms with van der Waals surface area (Å²) in [6.07, 6.45) is 5.48. The molecular weight excluding hydrogens is 98.1 g/mol. The van der Waals surface area contributed by atoms with Crippen LogP contribution < -0.4 is 0 Å². The topological polar surface area (TPSA) is 23.9 Å². The number of hydrogen-bond acceptors (Lipinski definition) is 1. The van der Waals surface area contributed by atoms with Gasteiger partial charge in [0.25, 0.3) is 0 Å². The minimum absolute atomic E-state index is 0.830. The maximum absolute atomic E-state index is 7.33. The molecule has 0 bridgehead atoms. The van der Waals surface area contributed by atoms with Gasteiger partial charge in [0.1, 0.15) is 0 Å². The first-order valence-corrected chi connectivity index (χ1v) is 3.05. The van der Waals surface area contributed by atoms with Crippen LogP contribution >= 0.6 is 0 Å². The van der Waals surface area contributed by atoms with E-state index in [1.54, 1.807) is 0 Å². The molecule has 8 heavy (non-hydrogen) atoms. The Hall–Kier alpha value is -0.590. The fourth-order valence-electron chi connectivity index (χ4n) is 0.918. The molecule has 0 radical (unpaired) electrons. The molecule has 1 aliphatic carbocycles. The van der Waals surface area contributed by atoms with E-state index >= 15 is 0 Å². The molecule has 0 atom stereocenters. The Bertz CT molecular complexity index is 133. The fourth-order valence-corrected chi connectivity index (χ4v) is 0.918. The predicted molar refractivity (Wildman–Crippen MR) is 35.3 cm³/mol. The normalized spacial score (nSPS) is 20.6. The Morgan fingerprint density at radius 2 is 2.38 bits per heavy atom. The van der Waals surface area contributed by atoms with Gasteiger partial charge in [-0.05, 0) is 31.8 Å². The lowest BCUT2D eigenvalue weighted by atomic mass is 9.99. The number of nitrogens with one attached hydrogen (secondary N) is 1. The van der Waals surface area contributed by atoms with E-state index in [2.05, 4.69) is 6.08 Å². The Kier molecular flexibility index (Phi) is 1.47. The van der Waals surface area contributed by atoms with Gasteiger partial charge in [-0.3, -0.25) is 0 Å². The quantitative estimate of drug-likeness (QED) is 0.492.